The van der Waals surface area contributed by atoms with Crippen molar-refractivity contribution in [3.05, 3.63) is 47.3 Å². The van der Waals surface area contributed by atoms with E-state index in [0.717, 1.165) is 16.9 Å². The zero-order valence-corrected chi connectivity index (χ0v) is 8.55. The molecule has 1 aromatic carbocycles. The second-order valence-electron chi connectivity index (χ2n) is 3.68. The van der Waals surface area contributed by atoms with Crippen molar-refractivity contribution in [2.75, 3.05) is 0 Å². The number of nitriles is 1. The lowest BCUT2D eigenvalue weighted by molar-refractivity contribution is 0.130. The van der Waals surface area contributed by atoms with Crippen LogP contribution in [-0.4, -0.2) is 9.78 Å². The molecule has 0 saturated heterocycles. The summed E-state index contributed by atoms with van der Waals surface area (Å²) in [6.45, 7) is 1.22. The molecule has 0 bridgehead atoms. The van der Waals surface area contributed by atoms with Crippen molar-refractivity contribution in [3.8, 4) is 11.8 Å². The molecule has 4 heteroatoms. The topological polar surface area (TPSA) is 50.8 Å². The van der Waals surface area contributed by atoms with Crippen molar-refractivity contribution in [1.82, 2.24) is 9.78 Å². The van der Waals surface area contributed by atoms with Gasteiger partial charge in [0, 0.05) is 5.56 Å². The minimum absolute atomic E-state index is 0.589. The molecule has 0 fully saturated rings. The fourth-order valence-electron chi connectivity index (χ4n) is 1.87. The van der Waals surface area contributed by atoms with Crippen LogP contribution in [0.5, 0.6) is 0 Å². The molecule has 4 nitrogen and oxygen atoms in total. The first-order chi connectivity index (χ1) is 7.88. The van der Waals surface area contributed by atoms with Gasteiger partial charge in [-0.3, -0.25) is 0 Å². The summed E-state index contributed by atoms with van der Waals surface area (Å²) in [6, 6.07) is 9.53. The number of benzene rings is 1. The normalized spacial score (nSPS) is 13.4. The highest BCUT2D eigenvalue weighted by Crippen LogP contribution is 2.22. The highest BCUT2D eigenvalue weighted by molar-refractivity contribution is 5.42. The van der Waals surface area contributed by atoms with Gasteiger partial charge in [-0.25, -0.2) is 4.68 Å². The van der Waals surface area contributed by atoms with Gasteiger partial charge in [0.15, 0.2) is 0 Å². The molecule has 0 saturated carbocycles. The monoisotopic (exact) mass is 211 g/mol. The summed E-state index contributed by atoms with van der Waals surface area (Å²) in [5, 5.41) is 13.2. The summed E-state index contributed by atoms with van der Waals surface area (Å²) in [7, 11) is 0. The van der Waals surface area contributed by atoms with Crippen molar-refractivity contribution in [2.24, 2.45) is 0 Å². The van der Waals surface area contributed by atoms with E-state index in [4.69, 9.17) is 10.00 Å². The summed E-state index contributed by atoms with van der Waals surface area (Å²) in [6.07, 6.45) is 1.82. The summed E-state index contributed by atoms with van der Waals surface area (Å²) < 4.78 is 7.18. The molecule has 0 radical (unpaired) electrons. The number of ether oxygens (including phenoxy) is 1. The highest BCUT2D eigenvalue weighted by atomic mass is 16.5. The Labute approximate surface area is 92.7 Å². The van der Waals surface area contributed by atoms with Crippen LogP contribution in [-0.2, 0) is 18.0 Å². The number of aromatic nitrogens is 2. The van der Waals surface area contributed by atoms with Crippen molar-refractivity contribution in [2.45, 2.75) is 13.2 Å². The Bertz CT molecular complexity index is 580. The molecule has 2 heterocycles. The van der Waals surface area contributed by atoms with Gasteiger partial charge in [0.1, 0.15) is 0 Å². The Morgan fingerprint density at radius 2 is 2.31 bits per heavy atom. The van der Waals surface area contributed by atoms with E-state index in [0.29, 0.717) is 18.8 Å². The molecule has 0 spiro atoms. The maximum absolute atomic E-state index is 8.85. The van der Waals surface area contributed by atoms with Gasteiger partial charge in [0.25, 0.3) is 0 Å². The average molecular weight is 211 g/mol. The third kappa shape index (κ3) is 1.30. The Kier molecular flexibility index (Phi) is 1.98. The second-order valence-corrected chi connectivity index (χ2v) is 3.68. The highest BCUT2D eigenvalue weighted by Gasteiger charge is 2.17. The van der Waals surface area contributed by atoms with E-state index in [-0.39, 0.29) is 0 Å². The summed E-state index contributed by atoms with van der Waals surface area (Å²) in [5.74, 6) is 0. The molecule has 0 amide bonds. The minimum atomic E-state index is 0.589. The standard InChI is InChI=1S/C12H9N3O/c13-5-9-2-1-3-11(4-9)15-12-8-16-7-10(12)6-14-15/h1-4,6H,7-8H2. The zero-order chi connectivity index (χ0) is 11.0. The van der Waals surface area contributed by atoms with Gasteiger partial charge in [-0.05, 0) is 18.2 Å². The van der Waals surface area contributed by atoms with E-state index in [2.05, 4.69) is 11.2 Å². The first-order valence-electron chi connectivity index (χ1n) is 5.02. The third-order valence-corrected chi connectivity index (χ3v) is 2.67. The van der Waals surface area contributed by atoms with Crippen LogP contribution in [0.25, 0.3) is 5.69 Å². The molecule has 0 unspecified atom stereocenters. The van der Waals surface area contributed by atoms with Gasteiger partial charge in [0.05, 0.1) is 42.4 Å². The molecular weight excluding hydrogens is 202 g/mol. The summed E-state index contributed by atoms with van der Waals surface area (Å²) in [4.78, 5) is 0. The summed E-state index contributed by atoms with van der Waals surface area (Å²) in [5.41, 5.74) is 3.75. The van der Waals surface area contributed by atoms with Crippen LogP contribution in [0.2, 0.25) is 0 Å². The SMILES string of the molecule is N#Cc1cccc(-n2ncc3c2COC3)c1. The van der Waals surface area contributed by atoms with E-state index in [1.807, 2.05) is 29.1 Å². The van der Waals surface area contributed by atoms with Crippen molar-refractivity contribution >= 4 is 0 Å². The number of hydrogen-bond donors (Lipinski definition) is 0. The number of hydrogen-bond acceptors (Lipinski definition) is 3. The van der Waals surface area contributed by atoms with Crippen LogP contribution in [0, 0.1) is 11.3 Å². The van der Waals surface area contributed by atoms with Crippen LogP contribution < -0.4 is 0 Å². The smallest absolute Gasteiger partial charge is 0.0992 e. The molecule has 2 aromatic rings. The van der Waals surface area contributed by atoms with Crippen LogP contribution in [0.4, 0.5) is 0 Å². The molecule has 0 aliphatic carbocycles. The number of nitrogens with zero attached hydrogens (tertiary/aromatic N) is 3. The molecule has 1 aliphatic rings. The zero-order valence-electron chi connectivity index (χ0n) is 8.55. The van der Waals surface area contributed by atoms with Crippen molar-refractivity contribution in [1.29, 1.82) is 5.26 Å². The van der Waals surface area contributed by atoms with Crippen LogP contribution in [0.15, 0.2) is 30.5 Å². The molecule has 78 valence electrons. The maximum atomic E-state index is 8.85. The predicted molar refractivity (Wildman–Crippen MR) is 56.8 cm³/mol. The fraction of sp³-hybridized carbons (Fsp3) is 0.167. The fourth-order valence-corrected chi connectivity index (χ4v) is 1.87. The molecule has 3 rings (SSSR count). The third-order valence-electron chi connectivity index (χ3n) is 2.67. The Balaban J connectivity index is 2.12. The quantitative estimate of drug-likeness (QED) is 0.722. The van der Waals surface area contributed by atoms with Gasteiger partial charge in [-0.1, -0.05) is 6.07 Å². The van der Waals surface area contributed by atoms with Gasteiger partial charge in [-0.2, -0.15) is 10.4 Å². The van der Waals surface area contributed by atoms with Gasteiger partial charge >= 0.3 is 0 Å². The van der Waals surface area contributed by atoms with Crippen LogP contribution in [0.1, 0.15) is 16.8 Å². The largest absolute Gasteiger partial charge is 0.370 e. The van der Waals surface area contributed by atoms with Crippen LogP contribution in [0.3, 0.4) is 0 Å². The Morgan fingerprint density at radius 3 is 3.19 bits per heavy atom. The van der Waals surface area contributed by atoms with Crippen LogP contribution >= 0.6 is 0 Å². The first kappa shape index (κ1) is 9.13. The van der Waals surface area contributed by atoms with Crippen molar-refractivity contribution in [3.63, 3.8) is 0 Å². The number of rotatable bonds is 1. The van der Waals surface area contributed by atoms with E-state index in [9.17, 15) is 0 Å². The Hall–Kier alpha value is -2.12. The number of fused-ring (bicyclic) bond motifs is 1. The van der Waals surface area contributed by atoms with E-state index in [1.54, 1.807) is 6.07 Å². The molecule has 0 N–H and O–H groups in total. The lowest BCUT2D eigenvalue weighted by Crippen LogP contribution is -2.01. The lowest BCUT2D eigenvalue weighted by Gasteiger charge is -2.04. The maximum Gasteiger partial charge on any atom is 0.0992 e. The Morgan fingerprint density at radius 1 is 1.38 bits per heavy atom. The van der Waals surface area contributed by atoms with Gasteiger partial charge in [0.2, 0.25) is 0 Å². The summed E-state index contributed by atoms with van der Waals surface area (Å²) >= 11 is 0. The molecule has 0 atom stereocenters. The van der Waals surface area contributed by atoms with Gasteiger partial charge < -0.3 is 4.74 Å². The first-order valence-corrected chi connectivity index (χ1v) is 5.02. The average Bonchev–Trinajstić information content (AvgIpc) is 2.90. The van der Waals surface area contributed by atoms with E-state index < -0.39 is 0 Å². The van der Waals surface area contributed by atoms with Crippen molar-refractivity contribution < 1.29 is 4.74 Å². The molecule has 1 aliphatic heterocycles. The molecular formula is C12H9N3O. The van der Waals surface area contributed by atoms with E-state index >= 15 is 0 Å². The molecule has 1 aromatic heterocycles. The van der Waals surface area contributed by atoms with Gasteiger partial charge in [-0.15, -0.1) is 0 Å². The predicted octanol–water partition coefficient (Wildman–Crippen LogP) is 1.77. The van der Waals surface area contributed by atoms with E-state index in [1.165, 1.54) is 0 Å². The molecule has 16 heavy (non-hydrogen) atoms. The lowest BCUT2D eigenvalue weighted by atomic mass is 10.2. The second kappa shape index (κ2) is 3.47. The minimum Gasteiger partial charge on any atom is -0.370 e.